The molecule has 1 N–H and O–H groups in total. The molecular weight excluding hydrogens is 403 g/mol. The molecule has 0 aliphatic heterocycles. The Hall–Kier alpha value is -3.59. The molecule has 0 fully saturated rings. The fraction of sp³-hybridized carbons (Fsp3) is 0.143. The van der Waals surface area contributed by atoms with Gasteiger partial charge in [0.1, 0.15) is 5.69 Å². The SMILES string of the molecule is Cc1cc(-c2ncc(CNC(=O)c3nnc(-c4ncccc4F)s3)cc2C)ccn1. The molecule has 0 saturated carbocycles. The number of aryl methyl sites for hydroxylation is 2. The van der Waals surface area contributed by atoms with Crippen LogP contribution >= 0.6 is 11.3 Å². The van der Waals surface area contributed by atoms with E-state index in [-0.39, 0.29) is 28.2 Å². The number of amides is 1. The second-order valence-corrected chi connectivity index (χ2v) is 7.60. The average Bonchev–Trinajstić information content (AvgIpc) is 3.22. The molecule has 0 bridgehead atoms. The normalized spacial score (nSPS) is 10.8. The summed E-state index contributed by atoms with van der Waals surface area (Å²) in [4.78, 5) is 25.1. The van der Waals surface area contributed by atoms with Crippen LogP contribution in [0.1, 0.15) is 26.6 Å². The summed E-state index contributed by atoms with van der Waals surface area (Å²) in [5.41, 5.74) is 4.73. The van der Waals surface area contributed by atoms with Gasteiger partial charge in [-0.05, 0) is 49.2 Å². The first-order valence-electron chi connectivity index (χ1n) is 9.12. The Morgan fingerprint density at radius 3 is 2.70 bits per heavy atom. The number of carbonyl (C=O) groups is 1. The number of nitrogens with one attached hydrogen (secondary N) is 1. The third-order valence-electron chi connectivity index (χ3n) is 4.34. The summed E-state index contributed by atoms with van der Waals surface area (Å²) in [7, 11) is 0. The van der Waals surface area contributed by atoms with E-state index in [0.29, 0.717) is 0 Å². The molecule has 0 radical (unpaired) electrons. The Morgan fingerprint density at radius 2 is 1.93 bits per heavy atom. The van der Waals surface area contributed by atoms with E-state index in [1.807, 2.05) is 32.0 Å². The van der Waals surface area contributed by atoms with E-state index in [1.165, 1.54) is 18.3 Å². The Kier molecular flexibility index (Phi) is 5.53. The summed E-state index contributed by atoms with van der Waals surface area (Å²) < 4.78 is 13.8. The van der Waals surface area contributed by atoms with Gasteiger partial charge in [0.15, 0.2) is 10.8 Å². The number of nitrogens with zero attached hydrogens (tertiary/aromatic N) is 5. The number of rotatable bonds is 5. The van der Waals surface area contributed by atoms with Crippen LogP contribution in [0.2, 0.25) is 0 Å². The number of carbonyl (C=O) groups excluding carboxylic acids is 1. The van der Waals surface area contributed by atoms with Gasteiger partial charge < -0.3 is 5.32 Å². The van der Waals surface area contributed by atoms with E-state index < -0.39 is 5.82 Å². The van der Waals surface area contributed by atoms with Gasteiger partial charge in [-0.2, -0.15) is 0 Å². The maximum atomic E-state index is 13.8. The number of hydrogen-bond donors (Lipinski definition) is 1. The van der Waals surface area contributed by atoms with Crippen molar-refractivity contribution in [2.45, 2.75) is 20.4 Å². The van der Waals surface area contributed by atoms with Crippen LogP contribution in [0.3, 0.4) is 0 Å². The molecule has 7 nitrogen and oxygen atoms in total. The van der Waals surface area contributed by atoms with Crippen LogP contribution in [0.25, 0.3) is 22.0 Å². The molecule has 9 heteroatoms. The summed E-state index contributed by atoms with van der Waals surface area (Å²) in [6, 6.07) is 8.66. The third kappa shape index (κ3) is 4.20. The van der Waals surface area contributed by atoms with E-state index in [1.54, 1.807) is 12.4 Å². The summed E-state index contributed by atoms with van der Waals surface area (Å²) in [6.07, 6.45) is 4.95. The number of aromatic nitrogens is 5. The minimum absolute atomic E-state index is 0.0795. The van der Waals surface area contributed by atoms with Crippen LogP contribution in [0.4, 0.5) is 4.39 Å². The maximum Gasteiger partial charge on any atom is 0.282 e. The zero-order chi connectivity index (χ0) is 21.1. The van der Waals surface area contributed by atoms with Crippen molar-refractivity contribution in [2.75, 3.05) is 0 Å². The fourth-order valence-corrected chi connectivity index (χ4v) is 3.69. The lowest BCUT2D eigenvalue weighted by Gasteiger charge is -2.09. The highest BCUT2D eigenvalue weighted by molar-refractivity contribution is 7.16. The first kappa shape index (κ1) is 19.7. The van der Waals surface area contributed by atoms with E-state index in [0.717, 1.165) is 39.4 Å². The highest BCUT2D eigenvalue weighted by Gasteiger charge is 2.17. The Morgan fingerprint density at radius 1 is 1.07 bits per heavy atom. The van der Waals surface area contributed by atoms with Crippen molar-refractivity contribution in [3.8, 4) is 22.0 Å². The van der Waals surface area contributed by atoms with Crippen molar-refractivity contribution < 1.29 is 9.18 Å². The summed E-state index contributed by atoms with van der Waals surface area (Å²) in [6.45, 7) is 4.20. The van der Waals surface area contributed by atoms with Crippen molar-refractivity contribution >= 4 is 17.2 Å². The molecule has 0 aliphatic carbocycles. The fourth-order valence-electron chi connectivity index (χ4n) is 2.94. The van der Waals surface area contributed by atoms with Crippen molar-refractivity contribution in [3.05, 3.63) is 76.6 Å². The first-order valence-corrected chi connectivity index (χ1v) is 9.94. The Balaban J connectivity index is 1.44. The molecule has 150 valence electrons. The van der Waals surface area contributed by atoms with Gasteiger partial charge in [-0.25, -0.2) is 4.39 Å². The molecule has 4 rings (SSSR count). The lowest BCUT2D eigenvalue weighted by molar-refractivity contribution is 0.0949. The smallest absolute Gasteiger partial charge is 0.282 e. The van der Waals surface area contributed by atoms with Crippen LogP contribution in [0, 0.1) is 19.7 Å². The zero-order valence-corrected chi connectivity index (χ0v) is 17.1. The number of pyridine rings is 3. The van der Waals surface area contributed by atoms with Gasteiger partial charge in [-0.15, -0.1) is 10.2 Å². The molecule has 0 spiro atoms. The van der Waals surface area contributed by atoms with Gasteiger partial charge in [-0.3, -0.25) is 19.7 Å². The number of halogens is 1. The largest absolute Gasteiger partial charge is 0.346 e. The van der Waals surface area contributed by atoms with E-state index in [4.69, 9.17) is 0 Å². The second kappa shape index (κ2) is 8.42. The molecule has 4 aromatic heterocycles. The van der Waals surface area contributed by atoms with Crippen LogP contribution in [0.15, 0.2) is 48.9 Å². The topological polar surface area (TPSA) is 93.6 Å². The van der Waals surface area contributed by atoms with Crippen molar-refractivity contribution in [3.63, 3.8) is 0 Å². The molecule has 0 saturated heterocycles. The van der Waals surface area contributed by atoms with E-state index in [9.17, 15) is 9.18 Å². The third-order valence-corrected chi connectivity index (χ3v) is 5.27. The summed E-state index contributed by atoms with van der Waals surface area (Å²) in [5.74, 6) is -0.895. The van der Waals surface area contributed by atoms with Crippen LogP contribution in [-0.4, -0.2) is 31.1 Å². The van der Waals surface area contributed by atoms with Crippen LogP contribution < -0.4 is 5.32 Å². The minimum Gasteiger partial charge on any atom is -0.346 e. The van der Waals surface area contributed by atoms with Gasteiger partial charge in [0.2, 0.25) is 5.01 Å². The molecule has 0 aromatic carbocycles. The highest BCUT2D eigenvalue weighted by Crippen LogP contribution is 2.24. The van der Waals surface area contributed by atoms with Crippen molar-refractivity contribution in [1.82, 2.24) is 30.5 Å². The predicted octanol–water partition coefficient (Wildman–Crippen LogP) is 3.74. The molecule has 0 atom stereocenters. The molecule has 4 aromatic rings. The Labute approximate surface area is 176 Å². The van der Waals surface area contributed by atoms with Crippen LogP contribution in [-0.2, 0) is 6.54 Å². The summed E-state index contributed by atoms with van der Waals surface area (Å²) >= 11 is 0.989. The molecule has 0 unspecified atom stereocenters. The van der Waals surface area contributed by atoms with Gasteiger partial charge in [-0.1, -0.05) is 17.4 Å². The first-order chi connectivity index (χ1) is 14.5. The van der Waals surface area contributed by atoms with E-state index >= 15 is 0 Å². The highest BCUT2D eigenvalue weighted by atomic mass is 32.1. The standard InChI is InChI=1S/C21H17FN6OS/c1-12-8-14(10-25-17(12)15-5-7-23-13(2)9-15)11-26-19(29)21-28-27-20(30-21)18-16(22)4-3-6-24-18/h3-10H,11H2,1-2H3,(H,26,29). The second-order valence-electron chi connectivity index (χ2n) is 6.62. The van der Waals surface area contributed by atoms with E-state index in [2.05, 4.69) is 30.5 Å². The molecule has 0 aliphatic rings. The van der Waals surface area contributed by atoms with Gasteiger partial charge in [0, 0.05) is 36.4 Å². The minimum atomic E-state index is -0.508. The van der Waals surface area contributed by atoms with Crippen molar-refractivity contribution in [2.24, 2.45) is 0 Å². The zero-order valence-electron chi connectivity index (χ0n) is 16.3. The van der Waals surface area contributed by atoms with Crippen LogP contribution in [0.5, 0.6) is 0 Å². The Bertz CT molecular complexity index is 1230. The molecule has 1 amide bonds. The molecular formula is C21H17FN6OS. The van der Waals surface area contributed by atoms with Gasteiger partial charge in [0.25, 0.3) is 5.91 Å². The lowest BCUT2D eigenvalue weighted by atomic mass is 10.1. The van der Waals surface area contributed by atoms with Crippen molar-refractivity contribution in [1.29, 1.82) is 0 Å². The monoisotopic (exact) mass is 420 g/mol. The lowest BCUT2D eigenvalue weighted by Crippen LogP contribution is -2.22. The summed E-state index contributed by atoms with van der Waals surface area (Å²) in [5, 5.41) is 10.9. The quantitative estimate of drug-likeness (QED) is 0.529. The van der Waals surface area contributed by atoms with Gasteiger partial charge in [0.05, 0.1) is 5.69 Å². The molecule has 30 heavy (non-hydrogen) atoms. The van der Waals surface area contributed by atoms with Gasteiger partial charge >= 0.3 is 0 Å². The maximum absolute atomic E-state index is 13.8. The predicted molar refractivity (Wildman–Crippen MR) is 111 cm³/mol. The average molecular weight is 420 g/mol. The number of hydrogen-bond acceptors (Lipinski definition) is 7. The molecule has 4 heterocycles.